The van der Waals surface area contributed by atoms with Gasteiger partial charge in [-0.05, 0) is 27.0 Å². The molecule has 0 atom stereocenters. The van der Waals surface area contributed by atoms with E-state index in [2.05, 4.69) is 10.6 Å². The standard InChI is InChI=1S/C11H14FN3O3/c1-11(2,13-3)10(16)14-9-7(12)5-4-6-8(9)15(17)18/h4-6,13H,1-3H3,(H,14,16). The molecule has 1 aromatic rings. The Bertz CT molecular complexity index is 488. The first kappa shape index (κ1) is 14.0. The Labute approximate surface area is 103 Å². The lowest BCUT2D eigenvalue weighted by Gasteiger charge is -2.22. The predicted molar refractivity (Wildman–Crippen MR) is 64.8 cm³/mol. The number of likely N-dealkylation sites (N-methyl/N-ethyl adjacent to an activating group) is 1. The van der Waals surface area contributed by atoms with Gasteiger partial charge < -0.3 is 10.6 Å². The van der Waals surface area contributed by atoms with E-state index in [0.717, 1.165) is 12.1 Å². The summed E-state index contributed by atoms with van der Waals surface area (Å²) in [6, 6.07) is 3.40. The molecule has 18 heavy (non-hydrogen) atoms. The summed E-state index contributed by atoms with van der Waals surface area (Å²) >= 11 is 0. The number of amides is 1. The Kier molecular flexibility index (Phi) is 3.97. The number of rotatable bonds is 4. The second-order valence-corrected chi connectivity index (χ2v) is 4.22. The third-order valence-corrected chi connectivity index (χ3v) is 2.62. The minimum atomic E-state index is -0.962. The fourth-order valence-corrected chi connectivity index (χ4v) is 1.17. The molecule has 0 saturated heterocycles. The van der Waals surface area contributed by atoms with Gasteiger partial charge in [0, 0.05) is 6.07 Å². The van der Waals surface area contributed by atoms with Crippen molar-refractivity contribution in [1.82, 2.24) is 5.32 Å². The number of nitrogens with zero attached hydrogens (tertiary/aromatic N) is 1. The van der Waals surface area contributed by atoms with Crippen LogP contribution in [0.15, 0.2) is 18.2 Å². The number of carbonyl (C=O) groups is 1. The summed E-state index contributed by atoms with van der Waals surface area (Å²) in [5.41, 5.74) is -1.86. The van der Waals surface area contributed by atoms with Gasteiger partial charge in [-0.25, -0.2) is 4.39 Å². The van der Waals surface area contributed by atoms with Crippen LogP contribution in [0.1, 0.15) is 13.8 Å². The number of carbonyl (C=O) groups excluding carboxylic acids is 1. The highest BCUT2D eigenvalue weighted by molar-refractivity contribution is 5.99. The van der Waals surface area contributed by atoms with E-state index in [0.29, 0.717) is 0 Å². The van der Waals surface area contributed by atoms with Gasteiger partial charge in [0.1, 0.15) is 0 Å². The minimum absolute atomic E-state index is 0.421. The summed E-state index contributed by atoms with van der Waals surface area (Å²) in [7, 11) is 1.56. The maximum Gasteiger partial charge on any atom is 0.295 e. The van der Waals surface area contributed by atoms with E-state index in [-0.39, 0.29) is 0 Å². The second-order valence-electron chi connectivity index (χ2n) is 4.22. The highest BCUT2D eigenvalue weighted by Crippen LogP contribution is 2.27. The molecular formula is C11H14FN3O3. The van der Waals surface area contributed by atoms with Crippen LogP contribution in [0.4, 0.5) is 15.8 Å². The van der Waals surface area contributed by atoms with Gasteiger partial charge in [-0.2, -0.15) is 0 Å². The summed E-state index contributed by atoms with van der Waals surface area (Å²) in [4.78, 5) is 21.8. The highest BCUT2D eigenvalue weighted by Gasteiger charge is 2.28. The Hall–Kier alpha value is -2.02. The van der Waals surface area contributed by atoms with Crippen LogP contribution in [0.2, 0.25) is 0 Å². The lowest BCUT2D eigenvalue weighted by atomic mass is 10.0. The fraction of sp³-hybridized carbons (Fsp3) is 0.364. The smallest absolute Gasteiger partial charge is 0.295 e. The molecule has 1 amide bonds. The zero-order valence-corrected chi connectivity index (χ0v) is 10.3. The molecule has 1 rings (SSSR count). The molecule has 7 heteroatoms. The molecule has 0 aliphatic rings. The molecule has 0 aliphatic heterocycles. The maximum absolute atomic E-state index is 13.5. The normalized spacial score (nSPS) is 11.1. The lowest BCUT2D eigenvalue weighted by Crippen LogP contribution is -2.48. The van der Waals surface area contributed by atoms with E-state index in [4.69, 9.17) is 0 Å². The average Bonchev–Trinajstić information content (AvgIpc) is 2.31. The Balaban J connectivity index is 3.12. The van der Waals surface area contributed by atoms with Gasteiger partial charge in [0.25, 0.3) is 5.69 Å². The maximum atomic E-state index is 13.5. The quantitative estimate of drug-likeness (QED) is 0.633. The SMILES string of the molecule is CNC(C)(C)C(=O)Nc1c(F)cccc1[N+](=O)[O-]. The number of nitro benzene ring substituents is 1. The zero-order valence-electron chi connectivity index (χ0n) is 10.3. The van der Waals surface area contributed by atoms with Crippen molar-refractivity contribution in [3.63, 3.8) is 0 Å². The average molecular weight is 255 g/mol. The van der Waals surface area contributed by atoms with Crippen LogP contribution in [0.5, 0.6) is 0 Å². The molecule has 0 aliphatic carbocycles. The number of hydrogen-bond acceptors (Lipinski definition) is 4. The first-order chi connectivity index (χ1) is 8.29. The second kappa shape index (κ2) is 5.09. The fourth-order valence-electron chi connectivity index (χ4n) is 1.17. The lowest BCUT2D eigenvalue weighted by molar-refractivity contribution is -0.384. The van der Waals surface area contributed by atoms with Crippen molar-refractivity contribution in [2.75, 3.05) is 12.4 Å². The number of nitrogens with one attached hydrogen (secondary N) is 2. The van der Waals surface area contributed by atoms with Crippen molar-refractivity contribution in [2.45, 2.75) is 19.4 Å². The van der Waals surface area contributed by atoms with Crippen molar-refractivity contribution < 1.29 is 14.1 Å². The zero-order chi connectivity index (χ0) is 13.9. The number of nitro groups is 1. The molecule has 0 unspecified atom stereocenters. The third kappa shape index (κ3) is 2.80. The van der Waals surface area contributed by atoms with Gasteiger partial charge >= 0.3 is 0 Å². The van der Waals surface area contributed by atoms with Gasteiger partial charge in [0.2, 0.25) is 5.91 Å². The van der Waals surface area contributed by atoms with Crippen molar-refractivity contribution in [2.24, 2.45) is 0 Å². The molecule has 6 nitrogen and oxygen atoms in total. The first-order valence-corrected chi connectivity index (χ1v) is 5.23. The van der Waals surface area contributed by atoms with Gasteiger partial charge in [-0.1, -0.05) is 6.07 Å². The largest absolute Gasteiger partial charge is 0.316 e. The minimum Gasteiger partial charge on any atom is -0.316 e. The van der Waals surface area contributed by atoms with Crippen LogP contribution >= 0.6 is 0 Å². The molecule has 0 bridgehead atoms. The molecule has 0 spiro atoms. The molecule has 0 aromatic heterocycles. The van der Waals surface area contributed by atoms with Crippen molar-refractivity contribution in [3.05, 3.63) is 34.1 Å². The number of anilines is 1. The van der Waals surface area contributed by atoms with E-state index in [1.54, 1.807) is 20.9 Å². The summed E-state index contributed by atoms with van der Waals surface area (Å²) < 4.78 is 13.5. The first-order valence-electron chi connectivity index (χ1n) is 5.23. The van der Waals surface area contributed by atoms with E-state index in [9.17, 15) is 19.3 Å². The van der Waals surface area contributed by atoms with E-state index in [1.165, 1.54) is 6.07 Å². The van der Waals surface area contributed by atoms with Crippen LogP contribution in [-0.4, -0.2) is 23.4 Å². The molecular weight excluding hydrogens is 241 g/mol. The van der Waals surface area contributed by atoms with Crippen LogP contribution in [0, 0.1) is 15.9 Å². The van der Waals surface area contributed by atoms with Crippen molar-refractivity contribution in [3.8, 4) is 0 Å². The molecule has 2 N–H and O–H groups in total. The highest BCUT2D eigenvalue weighted by atomic mass is 19.1. The molecule has 0 fully saturated rings. The molecule has 1 aromatic carbocycles. The van der Waals surface area contributed by atoms with E-state index < -0.39 is 33.6 Å². The number of halogens is 1. The molecule has 0 saturated carbocycles. The van der Waals surface area contributed by atoms with Crippen LogP contribution in [0.3, 0.4) is 0 Å². The van der Waals surface area contributed by atoms with Gasteiger partial charge in [0.15, 0.2) is 11.5 Å². The van der Waals surface area contributed by atoms with E-state index in [1.807, 2.05) is 0 Å². The molecule has 98 valence electrons. The summed E-state index contributed by atoms with van der Waals surface area (Å²) in [6.45, 7) is 3.16. The number of para-hydroxylation sites is 1. The van der Waals surface area contributed by atoms with Crippen LogP contribution < -0.4 is 10.6 Å². The van der Waals surface area contributed by atoms with Crippen molar-refractivity contribution in [1.29, 1.82) is 0 Å². The summed E-state index contributed by atoms with van der Waals surface area (Å²) in [5, 5.41) is 15.7. The Morgan fingerprint density at radius 3 is 2.56 bits per heavy atom. The summed E-state index contributed by atoms with van der Waals surface area (Å²) in [5.74, 6) is -1.40. The van der Waals surface area contributed by atoms with Gasteiger partial charge in [-0.3, -0.25) is 14.9 Å². The van der Waals surface area contributed by atoms with E-state index >= 15 is 0 Å². The predicted octanol–water partition coefficient (Wildman–Crippen LogP) is 1.67. The third-order valence-electron chi connectivity index (χ3n) is 2.62. The summed E-state index contributed by atoms with van der Waals surface area (Å²) in [6.07, 6.45) is 0. The van der Waals surface area contributed by atoms with Gasteiger partial charge in [-0.15, -0.1) is 0 Å². The van der Waals surface area contributed by atoms with Crippen LogP contribution in [0.25, 0.3) is 0 Å². The number of hydrogen-bond donors (Lipinski definition) is 2. The Morgan fingerprint density at radius 2 is 2.06 bits per heavy atom. The topological polar surface area (TPSA) is 84.3 Å². The van der Waals surface area contributed by atoms with Gasteiger partial charge in [0.05, 0.1) is 10.5 Å². The Morgan fingerprint density at radius 1 is 1.44 bits per heavy atom. The monoisotopic (exact) mass is 255 g/mol. The number of benzene rings is 1. The van der Waals surface area contributed by atoms with Crippen molar-refractivity contribution >= 4 is 17.3 Å². The van der Waals surface area contributed by atoms with Crippen LogP contribution in [-0.2, 0) is 4.79 Å². The molecule has 0 radical (unpaired) electrons. The molecule has 0 heterocycles.